The third kappa shape index (κ3) is 2.83. The minimum atomic E-state index is -0.433. The average molecular weight is 270 g/mol. The van der Waals surface area contributed by atoms with E-state index >= 15 is 0 Å². The van der Waals surface area contributed by atoms with Crippen LogP contribution in [-0.4, -0.2) is 26.8 Å². The molecule has 1 aromatic carbocycles. The molecule has 0 aliphatic heterocycles. The van der Waals surface area contributed by atoms with Crippen LogP contribution in [0.4, 0.5) is 4.39 Å². The molecule has 0 spiro atoms. The second kappa shape index (κ2) is 5.88. The van der Waals surface area contributed by atoms with Gasteiger partial charge in [0.15, 0.2) is 5.82 Å². The van der Waals surface area contributed by atoms with Gasteiger partial charge in [0.05, 0.1) is 5.56 Å². The predicted octanol–water partition coefficient (Wildman–Crippen LogP) is 1.87. The van der Waals surface area contributed by atoms with Crippen molar-refractivity contribution in [2.24, 2.45) is 5.73 Å². The number of hydrogen-bond donors (Lipinski definition) is 1. The first-order chi connectivity index (χ1) is 8.72. The van der Waals surface area contributed by atoms with Crippen molar-refractivity contribution in [3.63, 3.8) is 0 Å². The zero-order valence-electron chi connectivity index (χ0n) is 9.68. The van der Waals surface area contributed by atoms with Crippen molar-refractivity contribution in [2.75, 3.05) is 6.54 Å². The van der Waals surface area contributed by atoms with Crippen LogP contribution in [0, 0.1) is 5.82 Å². The SMILES string of the molecule is NCCCCn1nnnc1-c1ccc(Cl)cc1F. The van der Waals surface area contributed by atoms with E-state index < -0.39 is 5.82 Å². The Morgan fingerprint density at radius 1 is 1.33 bits per heavy atom. The maximum absolute atomic E-state index is 13.8. The number of aryl methyl sites for hydroxylation is 1. The van der Waals surface area contributed by atoms with E-state index in [-0.39, 0.29) is 0 Å². The summed E-state index contributed by atoms with van der Waals surface area (Å²) in [5.74, 6) is -0.0291. The van der Waals surface area contributed by atoms with Gasteiger partial charge in [0.25, 0.3) is 0 Å². The molecule has 2 aromatic rings. The van der Waals surface area contributed by atoms with Crippen molar-refractivity contribution in [1.29, 1.82) is 0 Å². The second-order valence-electron chi connectivity index (χ2n) is 3.85. The molecule has 0 saturated heterocycles. The van der Waals surface area contributed by atoms with E-state index in [1.165, 1.54) is 6.07 Å². The van der Waals surface area contributed by atoms with E-state index in [0.29, 0.717) is 29.5 Å². The van der Waals surface area contributed by atoms with Gasteiger partial charge in [-0.25, -0.2) is 9.07 Å². The van der Waals surface area contributed by atoms with Crippen LogP contribution in [0.3, 0.4) is 0 Å². The van der Waals surface area contributed by atoms with E-state index in [1.54, 1.807) is 16.8 Å². The Morgan fingerprint density at radius 2 is 2.17 bits per heavy atom. The number of halogens is 2. The summed E-state index contributed by atoms with van der Waals surface area (Å²) in [7, 11) is 0. The van der Waals surface area contributed by atoms with Crippen molar-refractivity contribution >= 4 is 11.6 Å². The standard InChI is InChI=1S/C11H13ClFN5/c12-8-3-4-9(10(13)7-8)11-15-16-17-18(11)6-2-1-5-14/h3-4,7H,1-2,5-6,14H2. The number of aromatic nitrogens is 4. The lowest BCUT2D eigenvalue weighted by Crippen LogP contribution is -2.06. The molecule has 1 heterocycles. The molecule has 0 amide bonds. The molecule has 0 unspecified atom stereocenters. The molecule has 5 nitrogen and oxygen atoms in total. The van der Waals surface area contributed by atoms with Crippen LogP contribution in [0.5, 0.6) is 0 Å². The Kier molecular flexibility index (Phi) is 4.22. The lowest BCUT2D eigenvalue weighted by atomic mass is 10.2. The molecule has 2 rings (SSSR count). The Bertz CT molecular complexity index is 528. The van der Waals surface area contributed by atoms with Crippen molar-refractivity contribution in [2.45, 2.75) is 19.4 Å². The molecule has 0 aliphatic rings. The zero-order valence-corrected chi connectivity index (χ0v) is 10.4. The number of tetrazole rings is 1. The number of hydrogen-bond acceptors (Lipinski definition) is 4. The Morgan fingerprint density at radius 3 is 2.89 bits per heavy atom. The van der Waals surface area contributed by atoms with Gasteiger partial charge >= 0.3 is 0 Å². The smallest absolute Gasteiger partial charge is 0.184 e. The highest BCUT2D eigenvalue weighted by Gasteiger charge is 2.13. The Balaban J connectivity index is 2.25. The van der Waals surface area contributed by atoms with Gasteiger partial charge in [0.2, 0.25) is 0 Å². The van der Waals surface area contributed by atoms with Crippen molar-refractivity contribution < 1.29 is 4.39 Å². The molecule has 0 atom stereocenters. The van der Waals surface area contributed by atoms with Crippen LogP contribution >= 0.6 is 11.6 Å². The highest BCUT2D eigenvalue weighted by molar-refractivity contribution is 6.30. The van der Waals surface area contributed by atoms with E-state index in [1.807, 2.05) is 0 Å². The molecule has 2 N–H and O–H groups in total. The molecule has 0 bridgehead atoms. The van der Waals surface area contributed by atoms with Crippen LogP contribution in [-0.2, 0) is 6.54 Å². The van der Waals surface area contributed by atoms with E-state index in [4.69, 9.17) is 17.3 Å². The van der Waals surface area contributed by atoms with Crippen molar-refractivity contribution in [3.05, 3.63) is 29.0 Å². The maximum atomic E-state index is 13.8. The number of unbranched alkanes of at least 4 members (excludes halogenated alkanes) is 1. The summed E-state index contributed by atoms with van der Waals surface area (Å²) in [6.45, 7) is 1.23. The van der Waals surface area contributed by atoms with Gasteiger partial charge in [-0.2, -0.15) is 0 Å². The summed E-state index contributed by atoms with van der Waals surface area (Å²) in [5.41, 5.74) is 5.77. The van der Waals surface area contributed by atoms with Gasteiger partial charge in [-0.1, -0.05) is 11.6 Å². The molecule has 18 heavy (non-hydrogen) atoms. The molecular formula is C11H13ClFN5. The summed E-state index contributed by atoms with van der Waals surface area (Å²) < 4.78 is 15.3. The summed E-state index contributed by atoms with van der Waals surface area (Å²) in [5, 5.41) is 11.6. The minimum Gasteiger partial charge on any atom is -0.330 e. The molecule has 7 heteroatoms. The Hall–Kier alpha value is -1.53. The first-order valence-corrected chi connectivity index (χ1v) is 6.02. The van der Waals surface area contributed by atoms with Crippen LogP contribution < -0.4 is 5.73 Å². The molecule has 0 saturated carbocycles. The normalized spacial score (nSPS) is 10.8. The fourth-order valence-corrected chi connectivity index (χ4v) is 1.78. The van der Waals surface area contributed by atoms with Gasteiger partial charge in [-0.15, -0.1) is 5.10 Å². The average Bonchev–Trinajstić information content (AvgIpc) is 2.78. The molecule has 96 valence electrons. The lowest BCUT2D eigenvalue weighted by molar-refractivity contribution is 0.546. The monoisotopic (exact) mass is 269 g/mol. The molecule has 1 aromatic heterocycles. The molecule has 0 fully saturated rings. The quantitative estimate of drug-likeness (QED) is 0.842. The van der Waals surface area contributed by atoms with Crippen LogP contribution in [0.2, 0.25) is 5.02 Å². The molecular weight excluding hydrogens is 257 g/mol. The van der Waals surface area contributed by atoms with Gasteiger partial charge < -0.3 is 5.73 Å². The van der Waals surface area contributed by atoms with E-state index in [2.05, 4.69) is 15.5 Å². The summed E-state index contributed by atoms with van der Waals surface area (Å²) in [4.78, 5) is 0. The van der Waals surface area contributed by atoms with Gasteiger partial charge in [-0.3, -0.25) is 0 Å². The van der Waals surface area contributed by atoms with Gasteiger partial charge in [-0.05, 0) is 48.0 Å². The largest absolute Gasteiger partial charge is 0.330 e. The third-order valence-corrected chi connectivity index (χ3v) is 2.76. The molecule has 0 radical (unpaired) electrons. The van der Waals surface area contributed by atoms with E-state index in [0.717, 1.165) is 12.8 Å². The zero-order chi connectivity index (χ0) is 13.0. The fraction of sp³-hybridized carbons (Fsp3) is 0.364. The number of nitrogens with two attached hydrogens (primary N) is 1. The number of benzene rings is 1. The number of nitrogens with zero attached hydrogens (tertiary/aromatic N) is 4. The summed E-state index contributed by atoms with van der Waals surface area (Å²) in [6, 6.07) is 4.43. The summed E-state index contributed by atoms with van der Waals surface area (Å²) >= 11 is 5.71. The maximum Gasteiger partial charge on any atom is 0.184 e. The van der Waals surface area contributed by atoms with Gasteiger partial charge in [0.1, 0.15) is 5.82 Å². The number of rotatable bonds is 5. The van der Waals surface area contributed by atoms with Crippen LogP contribution in [0.1, 0.15) is 12.8 Å². The fourth-order valence-electron chi connectivity index (χ4n) is 1.62. The lowest BCUT2D eigenvalue weighted by Gasteiger charge is -2.05. The first-order valence-electron chi connectivity index (χ1n) is 5.64. The topological polar surface area (TPSA) is 69.6 Å². The summed E-state index contributed by atoms with van der Waals surface area (Å²) in [6.07, 6.45) is 1.73. The van der Waals surface area contributed by atoms with Gasteiger partial charge in [0, 0.05) is 11.6 Å². The van der Waals surface area contributed by atoms with Crippen LogP contribution in [0.25, 0.3) is 11.4 Å². The van der Waals surface area contributed by atoms with Crippen molar-refractivity contribution in [3.8, 4) is 11.4 Å². The first kappa shape index (κ1) is 12.9. The Labute approximate surface area is 109 Å². The predicted molar refractivity (Wildman–Crippen MR) is 66.5 cm³/mol. The van der Waals surface area contributed by atoms with Crippen LogP contribution in [0.15, 0.2) is 18.2 Å². The highest BCUT2D eigenvalue weighted by atomic mass is 35.5. The van der Waals surface area contributed by atoms with E-state index in [9.17, 15) is 4.39 Å². The van der Waals surface area contributed by atoms with Crippen molar-refractivity contribution in [1.82, 2.24) is 20.2 Å². The minimum absolute atomic E-state index is 0.345. The highest BCUT2D eigenvalue weighted by Crippen LogP contribution is 2.23. The second-order valence-corrected chi connectivity index (χ2v) is 4.28. The molecule has 0 aliphatic carbocycles. The third-order valence-electron chi connectivity index (χ3n) is 2.53.